The fourth-order valence-corrected chi connectivity index (χ4v) is 3.64. The number of hydrogen-bond acceptors (Lipinski definition) is 5. The number of nitrogens with zero attached hydrogens (tertiary/aromatic N) is 1. The highest BCUT2D eigenvalue weighted by molar-refractivity contribution is 7.89. The molecule has 1 rings (SSSR count). The number of carbonyl (C=O) groups is 2. The van der Waals surface area contributed by atoms with Gasteiger partial charge in [0.1, 0.15) is 6.04 Å². The topological polar surface area (TPSA) is 107 Å². The molecule has 1 fully saturated rings. The van der Waals surface area contributed by atoms with Crippen molar-refractivity contribution in [2.24, 2.45) is 0 Å². The van der Waals surface area contributed by atoms with Crippen molar-refractivity contribution in [2.75, 3.05) is 18.8 Å². The van der Waals surface area contributed by atoms with Crippen LogP contribution in [0.25, 0.3) is 0 Å². The van der Waals surface area contributed by atoms with Gasteiger partial charge in [0.15, 0.2) is 0 Å². The first-order chi connectivity index (χ1) is 8.38. The molecule has 1 amide bonds. The molecule has 1 atom stereocenters. The maximum atomic E-state index is 12.0. The largest absolute Gasteiger partial charge is 0.550 e. The molecule has 1 saturated heterocycles. The minimum atomic E-state index is -3.59. The van der Waals surface area contributed by atoms with E-state index in [1.807, 2.05) is 6.92 Å². The van der Waals surface area contributed by atoms with Crippen molar-refractivity contribution in [3.8, 4) is 0 Å². The maximum Gasteiger partial charge on any atom is 0.238 e. The molecular weight excluding hydrogens is 260 g/mol. The second-order valence-corrected chi connectivity index (χ2v) is 6.20. The molecule has 0 aliphatic carbocycles. The van der Waals surface area contributed by atoms with Crippen molar-refractivity contribution < 1.29 is 23.1 Å². The Balaban J connectivity index is 2.88. The summed E-state index contributed by atoms with van der Waals surface area (Å²) >= 11 is 0. The average Bonchev–Trinajstić information content (AvgIpc) is 2.28. The monoisotopic (exact) mass is 277 g/mol. The summed E-state index contributed by atoms with van der Waals surface area (Å²) in [5, 5.41) is 13.0. The fourth-order valence-electron chi connectivity index (χ4n) is 1.82. The molecule has 8 heteroatoms. The predicted octanol–water partition coefficient (Wildman–Crippen LogP) is -1.94. The molecule has 1 aliphatic rings. The van der Waals surface area contributed by atoms with E-state index in [9.17, 15) is 23.1 Å². The van der Waals surface area contributed by atoms with E-state index in [4.69, 9.17) is 0 Å². The number of amides is 1. The van der Waals surface area contributed by atoms with Crippen LogP contribution in [-0.4, -0.2) is 49.5 Å². The van der Waals surface area contributed by atoms with Gasteiger partial charge < -0.3 is 15.2 Å². The molecule has 0 radical (unpaired) electrons. The zero-order valence-corrected chi connectivity index (χ0v) is 11.0. The van der Waals surface area contributed by atoms with Crippen molar-refractivity contribution in [2.45, 2.75) is 32.2 Å². The van der Waals surface area contributed by atoms with E-state index in [2.05, 4.69) is 5.32 Å². The number of hydrogen-bond donors (Lipinski definition) is 1. The van der Waals surface area contributed by atoms with Gasteiger partial charge in [-0.15, -0.1) is 0 Å². The molecule has 1 heterocycles. The first kappa shape index (κ1) is 14.9. The van der Waals surface area contributed by atoms with E-state index in [1.54, 1.807) is 0 Å². The SMILES string of the molecule is CCCCS(=O)(=O)N1CCNC(=O)C1CC(=O)[O-]. The summed E-state index contributed by atoms with van der Waals surface area (Å²) in [5.74, 6) is -2.08. The second-order valence-electron chi connectivity index (χ2n) is 4.16. The lowest BCUT2D eigenvalue weighted by Crippen LogP contribution is -2.58. The van der Waals surface area contributed by atoms with Gasteiger partial charge in [-0.25, -0.2) is 8.42 Å². The van der Waals surface area contributed by atoms with Crippen LogP contribution in [0.5, 0.6) is 0 Å². The van der Waals surface area contributed by atoms with Crippen LogP contribution in [0.15, 0.2) is 0 Å². The molecule has 7 nitrogen and oxygen atoms in total. The summed E-state index contributed by atoms with van der Waals surface area (Å²) in [6.45, 7) is 2.17. The minimum absolute atomic E-state index is 0.0691. The summed E-state index contributed by atoms with van der Waals surface area (Å²) in [6.07, 6.45) is 0.583. The third-order valence-electron chi connectivity index (χ3n) is 2.75. The van der Waals surface area contributed by atoms with E-state index in [1.165, 1.54) is 0 Å². The van der Waals surface area contributed by atoms with Crippen molar-refractivity contribution >= 4 is 21.9 Å². The number of sulfonamides is 1. The van der Waals surface area contributed by atoms with Crippen LogP contribution in [0.3, 0.4) is 0 Å². The zero-order valence-electron chi connectivity index (χ0n) is 10.2. The van der Waals surface area contributed by atoms with Gasteiger partial charge in [-0.1, -0.05) is 13.3 Å². The molecule has 0 bridgehead atoms. The molecule has 18 heavy (non-hydrogen) atoms. The van der Waals surface area contributed by atoms with Gasteiger partial charge in [0, 0.05) is 25.5 Å². The Morgan fingerprint density at radius 3 is 2.78 bits per heavy atom. The van der Waals surface area contributed by atoms with E-state index >= 15 is 0 Å². The van der Waals surface area contributed by atoms with Crippen molar-refractivity contribution in [3.63, 3.8) is 0 Å². The fraction of sp³-hybridized carbons (Fsp3) is 0.800. The van der Waals surface area contributed by atoms with Gasteiger partial charge in [-0.05, 0) is 6.42 Å². The van der Waals surface area contributed by atoms with Gasteiger partial charge in [0.25, 0.3) is 0 Å². The minimum Gasteiger partial charge on any atom is -0.550 e. The molecule has 1 aliphatic heterocycles. The van der Waals surface area contributed by atoms with E-state index in [0.29, 0.717) is 12.8 Å². The Bertz CT molecular complexity index is 420. The van der Waals surface area contributed by atoms with Gasteiger partial charge in [-0.2, -0.15) is 4.31 Å². The number of carboxylic acid groups (broad SMARTS) is 1. The van der Waals surface area contributed by atoms with Crippen LogP contribution in [0.1, 0.15) is 26.2 Å². The molecule has 0 aromatic carbocycles. The molecule has 1 N–H and O–H groups in total. The molecular formula is C10H17N2O5S-. The highest BCUT2D eigenvalue weighted by atomic mass is 32.2. The lowest BCUT2D eigenvalue weighted by molar-refractivity contribution is -0.306. The average molecular weight is 277 g/mol. The Morgan fingerprint density at radius 2 is 2.22 bits per heavy atom. The van der Waals surface area contributed by atoms with Gasteiger partial charge in [-0.3, -0.25) is 4.79 Å². The lowest BCUT2D eigenvalue weighted by atomic mass is 10.1. The Labute approximate surface area is 106 Å². The summed E-state index contributed by atoms with van der Waals surface area (Å²) < 4.78 is 25.0. The third-order valence-corrected chi connectivity index (χ3v) is 4.71. The number of carbonyl (C=O) groups excluding carboxylic acids is 2. The van der Waals surface area contributed by atoms with Crippen LogP contribution in [0.4, 0.5) is 0 Å². The molecule has 0 aromatic rings. The second kappa shape index (κ2) is 6.14. The quantitative estimate of drug-likeness (QED) is 0.607. The number of unbranched alkanes of at least 4 members (excludes halogenated alkanes) is 1. The van der Waals surface area contributed by atoms with Crippen molar-refractivity contribution in [1.82, 2.24) is 9.62 Å². The summed E-state index contributed by atoms with van der Waals surface area (Å²) in [4.78, 5) is 22.1. The van der Waals surface area contributed by atoms with Gasteiger partial charge >= 0.3 is 0 Å². The molecule has 0 spiro atoms. The maximum absolute atomic E-state index is 12.0. The number of aliphatic carboxylic acids is 1. The standard InChI is InChI=1S/C10H18N2O5S/c1-2-3-6-18(16,17)12-5-4-11-10(15)8(12)7-9(13)14/h8H,2-7H2,1H3,(H,11,15)(H,13,14)/p-1. The third kappa shape index (κ3) is 3.67. The predicted molar refractivity (Wildman–Crippen MR) is 61.8 cm³/mol. The Kier molecular flexibility index (Phi) is 5.09. The Hall–Kier alpha value is -1.15. The smallest absolute Gasteiger partial charge is 0.238 e. The number of nitrogens with one attached hydrogen (secondary N) is 1. The zero-order chi connectivity index (χ0) is 13.8. The van der Waals surface area contributed by atoms with E-state index in [0.717, 1.165) is 4.31 Å². The van der Waals surface area contributed by atoms with Crippen molar-refractivity contribution in [3.05, 3.63) is 0 Å². The first-order valence-electron chi connectivity index (χ1n) is 5.85. The molecule has 1 unspecified atom stereocenters. The lowest BCUT2D eigenvalue weighted by Gasteiger charge is -2.34. The van der Waals surface area contributed by atoms with Crippen LogP contribution < -0.4 is 10.4 Å². The van der Waals surface area contributed by atoms with E-state index in [-0.39, 0.29) is 18.8 Å². The Morgan fingerprint density at radius 1 is 1.56 bits per heavy atom. The van der Waals surface area contributed by atoms with Crippen molar-refractivity contribution in [1.29, 1.82) is 0 Å². The molecule has 104 valence electrons. The summed E-state index contributed by atoms with van der Waals surface area (Å²) in [7, 11) is -3.59. The van der Waals surface area contributed by atoms with E-state index < -0.39 is 34.4 Å². The highest BCUT2D eigenvalue weighted by Gasteiger charge is 2.36. The number of piperazine rings is 1. The number of carboxylic acids is 1. The summed E-state index contributed by atoms with van der Waals surface area (Å²) in [5.41, 5.74) is 0. The van der Waals surface area contributed by atoms with Gasteiger partial charge in [0.2, 0.25) is 15.9 Å². The van der Waals surface area contributed by atoms with Crippen LogP contribution in [0.2, 0.25) is 0 Å². The van der Waals surface area contributed by atoms with Gasteiger partial charge in [0.05, 0.1) is 5.75 Å². The van der Waals surface area contributed by atoms with Crippen LogP contribution in [-0.2, 0) is 19.6 Å². The number of rotatable bonds is 6. The molecule has 0 aromatic heterocycles. The van der Waals surface area contributed by atoms with Crippen LogP contribution in [0, 0.1) is 0 Å². The molecule has 0 saturated carbocycles. The summed E-state index contributed by atoms with van der Waals surface area (Å²) in [6, 6.07) is -1.19. The highest BCUT2D eigenvalue weighted by Crippen LogP contribution is 2.15. The van der Waals surface area contributed by atoms with Crippen LogP contribution >= 0.6 is 0 Å². The first-order valence-corrected chi connectivity index (χ1v) is 7.46. The normalized spacial score (nSPS) is 21.6.